The standard InChI is InChI=1S/C22H19BrFNO6S/c1-3-30-17-9-13(8-15(23)20(17)31-12-19(26)29-2)10-18-21(27)25(22(28)32-18)11-14-6-4-5-7-16(14)24/h4-10H,3,11-12H2,1-2H3/b18-10-. The van der Waals surface area contributed by atoms with E-state index >= 15 is 0 Å². The number of esters is 1. The summed E-state index contributed by atoms with van der Waals surface area (Å²) in [6, 6.07) is 9.29. The molecule has 0 spiro atoms. The van der Waals surface area contributed by atoms with Crippen LogP contribution in [0.25, 0.3) is 6.08 Å². The monoisotopic (exact) mass is 523 g/mol. The lowest BCUT2D eigenvalue weighted by atomic mass is 10.1. The molecule has 0 aromatic heterocycles. The van der Waals surface area contributed by atoms with Crippen LogP contribution in [0.5, 0.6) is 11.5 Å². The summed E-state index contributed by atoms with van der Waals surface area (Å²) in [5.41, 5.74) is 0.826. The number of carbonyl (C=O) groups is 3. The van der Waals surface area contributed by atoms with Crippen LogP contribution in [0.15, 0.2) is 45.8 Å². The number of carbonyl (C=O) groups excluding carboxylic acids is 3. The van der Waals surface area contributed by atoms with Crippen molar-refractivity contribution in [2.24, 2.45) is 0 Å². The highest BCUT2D eigenvalue weighted by Crippen LogP contribution is 2.39. The first kappa shape index (κ1) is 23.8. The fourth-order valence-electron chi connectivity index (χ4n) is 2.85. The second-order valence-corrected chi connectivity index (χ2v) is 8.33. The van der Waals surface area contributed by atoms with Gasteiger partial charge in [-0.15, -0.1) is 0 Å². The van der Waals surface area contributed by atoms with Gasteiger partial charge in [0.1, 0.15) is 5.82 Å². The molecule has 0 unspecified atom stereocenters. The molecule has 1 aliphatic heterocycles. The largest absolute Gasteiger partial charge is 0.490 e. The molecule has 10 heteroatoms. The number of benzene rings is 2. The Hall–Kier alpha value is -2.85. The molecule has 168 valence electrons. The van der Waals surface area contributed by atoms with Crippen LogP contribution < -0.4 is 9.47 Å². The topological polar surface area (TPSA) is 82.1 Å². The van der Waals surface area contributed by atoms with Crippen molar-refractivity contribution in [1.29, 1.82) is 0 Å². The summed E-state index contributed by atoms with van der Waals surface area (Å²) in [6.07, 6.45) is 1.55. The van der Waals surface area contributed by atoms with E-state index in [1.165, 1.54) is 19.2 Å². The van der Waals surface area contributed by atoms with E-state index in [-0.39, 0.29) is 23.6 Å². The van der Waals surface area contributed by atoms with Gasteiger partial charge in [-0.05, 0) is 64.5 Å². The van der Waals surface area contributed by atoms with E-state index < -0.39 is 22.9 Å². The van der Waals surface area contributed by atoms with Crippen molar-refractivity contribution in [2.45, 2.75) is 13.5 Å². The number of amides is 2. The molecule has 0 radical (unpaired) electrons. The van der Waals surface area contributed by atoms with Crippen LogP contribution in [0.3, 0.4) is 0 Å². The molecule has 7 nitrogen and oxygen atoms in total. The van der Waals surface area contributed by atoms with Crippen molar-refractivity contribution in [3.05, 3.63) is 62.7 Å². The van der Waals surface area contributed by atoms with Crippen molar-refractivity contribution in [3.8, 4) is 11.5 Å². The van der Waals surface area contributed by atoms with Gasteiger partial charge in [-0.25, -0.2) is 9.18 Å². The van der Waals surface area contributed by atoms with Crippen LogP contribution >= 0.6 is 27.7 Å². The minimum absolute atomic E-state index is 0.150. The Bertz CT molecular complexity index is 1090. The summed E-state index contributed by atoms with van der Waals surface area (Å²) in [6.45, 7) is 1.68. The molecular formula is C22H19BrFNO6S. The third kappa shape index (κ3) is 5.49. The molecule has 32 heavy (non-hydrogen) atoms. The maximum absolute atomic E-state index is 13.9. The molecule has 1 saturated heterocycles. The second-order valence-electron chi connectivity index (χ2n) is 6.49. The first-order valence-electron chi connectivity index (χ1n) is 9.48. The Kier molecular flexibility index (Phi) is 7.92. The minimum atomic E-state index is -0.549. The van der Waals surface area contributed by atoms with Crippen molar-refractivity contribution in [1.82, 2.24) is 4.90 Å². The van der Waals surface area contributed by atoms with Gasteiger partial charge >= 0.3 is 5.97 Å². The summed E-state index contributed by atoms with van der Waals surface area (Å²) in [4.78, 5) is 37.8. The second kappa shape index (κ2) is 10.6. The number of methoxy groups -OCH3 is 1. The predicted octanol–water partition coefficient (Wildman–Crippen LogP) is 4.78. The zero-order chi connectivity index (χ0) is 23.3. The Morgan fingerprint density at radius 1 is 1.22 bits per heavy atom. The SMILES string of the molecule is CCOc1cc(/C=C2\SC(=O)N(Cc3ccccc3F)C2=O)cc(Br)c1OCC(=O)OC. The highest BCUT2D eigenvalue weighted by Gasteiger charge is 2.35. The molecule has 0 saturated carbocycles. The number of halogens is 2. The van der Waals surface area contributed by atoms with Gasteiger partial charge in [-0.1, -0.05) is 18.2 Å². The highest BCUT2D eigenvalue weighted by atomic mass is 79.9. The number of imide groups is 1. The summed E-state index contributed by atoms with van der Waals surface area (Å²) in [5, 5.41) is -0.480. The molecule has 2 amide bonds. The van der Waals surface area contributed by atoms with Crippen LogP contribution in [-0.4, -0.2) is 42.3 Å². The molecule has 0 bridgehead atoms. The van der Waals surface area contributed by atoms with Crippen LogP contribution in [-0.2, 0) is 20.9 Å². The minimum Gasteiger partial charge on any atom is -0.490 e. The first-order chi connectivity index (χ1) is 15.3. The van der Waals surface area contributed by atoms with Crippen LogP contribution in [0.4, 0.5) is 9.18 Å². The summed E-state index contributed by atoms with van der Waals surface area (Å²) >= 11 is 4.16. The van der Waals surface area contributed by atoms with E-state index in [1.54, 1.807) is 37.3 Å². The molecule has 2 aromatic rings. The Morgan fingerprint density at radius 2 is 1.97 bits per heavy atom. The number of hydrogen-bond acceptors (Lipinski definition) is 7. The number of thioether (sulfide) groups is 1. The molecule has 2 aromatic carbocycles. The van der Waals surface area contributed by atoms with E-state index in [9.17, 15) is 18.8 Å². The van der Waals surface area contributed by atoms with Gasteiger partial charge in [0.15, 0.2) is 18.1 Å². The number of nitrogens with zero attached hydrogens (tertiary/aromatic N) is 1. The van der Waals surface area contributed by atoms with Crippen LogP contribution in [0.2, 0.25) is 0 Å². The van der Waals surface area contributed by atoms with E-state index in [0.29, 0.717) is 28.1 Å². The fraction of sp³-hybridized carbons (Fsp3) is 0.227. The molecule has 0 aliphatic carbocycles. The maximum atomic E-state index is 13.9. The van der Waals surface area contributed by atoms with E-state index in [4.69, 9.17) is 9.47 Å². The molecule has 1 aliphatic rings. The van der Waals surface area contributed by atoms with Gasteiger partial charge in [-0.3, -0.25) is 14.5 Å². The Morgan fingerprint density at radius 3 is 2.66 bits per heavy atom. The lowest BCUT2D eigenvalue weighted by molar-refractivity contribution is -0.143. The number of hydrogen-bond donors (Lipinski definition) is 0. The van der Waals surface area contributed by atoms with Crippen molar-refractivity contribution in [3.63, 3.8) is 0 Å². The molecule has 0 atom stereocenters. The van der Waals surface area contributed by atoms with Gasteiger partial charge in [0, 0.05) is 5.56 Å². The number of rotatable bonds is 8. The number of ether oxygens (including phenoxy) is 3. The smallest absolute Gasteiger partial charge is 0.343 e. The summed E-state index contributed by atoms with van der Waals surface area (Å²) in [5.74, 6) is -0.886. The normalized spacial score (nSPS) is 14.8. The lowest BCUT2D eigenvalue weighted by Gasteiger charge is -2.14. The first-order valence-corrected chi connectivity index (χ1v) is 11.1. The average Bonchev–Trinajstić information content (AvgIpc) is 3.02. The molecule has 0 N–H and O–H groups in total. The fourth-order valence-corrected chi connectivity index (χ4v) is 4.26. The van der Waals surface area contributed by atoms with Gasteiger partial charge in [-0.2, -0.15) is 0 Å². The van der Waals surface area contributed by atoms with Crippen molar-refractivity contribution < 1.29 is 33.0 Å². The maximum Gasteiger partial charge on any atom is 0.343 e. The Balaban J connectivity index is 1.85. The quantitative estimate of drug-likeness (QED) is 0.363. The van der Waals surface area contributed by atoms with Crippen LogP contribution in [0.1, 0.15) is 18.1 Å². The zero-order valence-corrected chi connectivity index (χ0v) is 19.6. The third-order valence-electron chi connectivity index (χ3n) is 4.35. The molecular weight excluding hydrogens is 505 g/mol. The third-order valence-corrected chi connectivity index (χ3v) is 5.85. The van der Waals surface area contributed by atoms with Gasteiger partial charge < -0.3 is 14.2 Å². The van der Waals surface area contributed by atoms with Gasteiger partial charge in [0.05, 0.1) is 29.6 Å². The summed E-state index contributed by atoms with van der Waals surface area (Å²) < 4.78 is 30.1. The van der Waals surface area contributed by atoms with Crippen molar-refractivity contribution in [2.75, 3.05) is 20.3 Å². The predicted molar refractivity (Wildman–Crippen MR) is 121 cm³/mol. The molecule has 1 heterocycles. The van der Waals surface area contributed by atoms with E-state index in [0.717, 1.165) is 16.7 Å². The van der Waals surface area contributed by atoms with Gasteiger partial charge in [0.2, 0.25) is 0 Å². The summed E-state index contributed by atoms with van der Waals surface area (Å²) in [7, 11) is 1.26. The van der Waals surface area contributed by atoms with E-state index in [2.05, 4.69) is 20.7 Å². The van der Waals surface area contributed by atoms with Crippen molar-refractivity contribution >= 4 is 50.9 Å². The molecule has 3 rings (SSSR count). The van der Waals surface area contributed by atoms with Crippen LogP contribution in [0, 0.1) is 5.82 Å². The highest BCUT2D eigenvalue weighted by molar-refractivity contribution is 9.10. The molecule has 1 fully saturated rings. The average molecular weight is 524 g/mol. The zero-order valence-electron chi connectivity index (χ0n) is 17.2. The van der Waals surface area contributed by atoms with Gasteiger partial charge in [0.25, 0.3) is 11.1 Å². The Labute approximate surface area is 196 Å². The lowest BCUT2D eigenvalue weighted by Crippen LogP contribution is -2.27. The van der Waals surface area contributed by atoms with E-state index in [1.807, 2.05) is 0 Å².